The molecular weight excluding hydrogens is 424 g/mol. The molecule has 5 fully saturated rings. The number of esters is 1. The number of fused-ring (bicyclic) bond motifs is 4. The molecule has 180 valence electrons. The van der Waals surface area contributed by atoms with Gasteiger partial charge in [0.15, 0.2) is 0 Å². The molecule has 8 heteroatoms. The van der Waals surface area contributed by atoms with Crippen LogP contribution in [0.5, 0.6) is 5.75 Å². The van der Waals surface area contributed by atoms with E-state index in [9.17, 15) is 15.0 Å². The van der Waals surface area contributed by atoms with Crippen LogP contribution in [0.1, 0.15) is 33.1 Å². The minimum absolute atomic E-state index is 0.0599. The summed E-state index contributed by atoms with van der Waals surface area (Å²) in [5.74, 6) is -0.244. The summed E-state index contributed by atoms with van der Waals surface area (Å²) >= 11 is 0. The summed E-state index contributed by atoms with van der Waals surface area (Å²) in [6.07, 6.45) is 1.24. The van der Waals surface area contributed by atoms with Gasteiger partial charge in [-0.1, -0.05) is 12.1 Å². The quantitative estimate of drug-likeness (QED) is 0.520. The fraction of sp³-hybridized carbons (Fsp3) is 0.720. The van der Waals surface area contributed by atoms with Crippen LogP contribution in [0, 0.1) is 11.8 Å². The number of aliphatic hydroxyl groups is 1. The maximum Gasteiger partial charge on any atom is 0.311 e. The number of aliphatic hydroxyl groups excluding tert-OH is 1. The molecule has 5 aliphatic rings. The normalized spacial score (nSPS) is 44.9. The van der Waals surface area contributed by atoms with Crippen molar-refractivity contribution in [3.63, 3.8) is 0 Å². The number of hydrogen-bond acceptors (Lipinski definition) is 8. The molecular formula is C25H34N2O6. The predicted octanol–water partition coefficient (Wildman–Crippen LogP) is 1.53. The molecule has 8 atom stereocenters. The van der Waals surface area contributed by atoms with E-state index in [0.29, 0.717) is 18.7 Å². The standard InChI is InChI=1S/C25H34N2O6/c1-24-8-7-20-25(2,32-20)19(29)13-15-16(23(30)31-21(15)22(24)33-24)14-26-9-11-27(12-10-26)17-5-3-4-6-18(17)28/h3-6,15-16,19-22,28-29H,7-14H2,1-2H3/t15-,16-,19+,20+,21-,22+,24+,25+/m0/s1. The first kappa shape index (κ1) is 21.6. The van der Waals surface area contributed by atoms with Crippen molar-refractivity contribution >= 4 is 11.7 Å². The van der Waals surface area contributed by atoms with E-state index in [4.69, 9.17) is 14.2 Å². The third kappa shape index (κ3) is 3.62. The number of phenolic OH excluding ortho intramolecular Hbond substituents is 1. The molecule has 1 aliphatic carbocycles. The molecule has 1 aromatic rings. The summed E-state index contributed by atoms with van der Waals surface area (Å²) in [6, 6.07) is 7.41. The average molecular weight is 459 g/mol. The Balaban J connectivity index is 1.16. The highest BCUT2D eigenvalue weighted by Crippen LogP contribution is 2.54. The van der Waals surface area contributed by atoms with E-state index in [1.807, 2.05) is 25.1 Å². The summed E-state index contributed by atoms with van der Waals surface area (Å²) in [4.78, 5) is 17.5. The molecule has 0 radical (unpaired) electrons. The van der Waals surface area contributed by atoms with Crippen LogP contribution < -0.4 is 4.90 Å². The molecule has 0 aromatic heterocycles. The summed E-state index contributed by atoms with van der Waals surface area (Å²) in [6.45, 7) is 7.88. The first-order valence-corrected chi connectivity index (χ1v) is 12.3. The molecule has 4 heterocycles. The van der Waals surface area contributed by atoms with E-state index in [1.54, 1.807) is 6.07 Å². The van der Waals surface area contributed by atoms with Crippen molar-refractivity contribution in [3.05, 3.63) is 24.3 Å². The van der Waals surface area contributed by atoms with E-state index in [2.05, 4.69) is 16.7 Å². The lowest BCUT2D eigenvalue weighted by molar-refractivity contribution is -0.145. The van der Waals surface area contributed by atoms with Crippen molar-refractivity contribution in [1.82, 2.24) is 4.90 Å². The molecule has 6 rings (SSSR count). The second-order valence-corrected chi connectivity index (χ2v) is 10.9. The van der Waals surface area contributed by atoms with Crippen LogP contribution in [0.2, 0.25) is 0 Å². The highest BCUT2D eigenvalue weighted by molar-refractivity contribution is 5.76. The van der Waals surface area contributed by atoms with Crippen molar-refractivity contribution in [2.75, 3.05) is 37.6 Å². The molecule has 8 nitrogen and oxygen atoms in total. The number of aromatic hydroxyl groups is 1. The topological polar surface area (TPSA) is 98.3 Å². The van der Waals surface area contributed by atoms with Gasteiger partial charge in [-0.25, -0.2) is 0 Å². The van der Waals surface area contributed by atoms with Gasteiger partial charge >= 0.3 is 5.97 Å². The van der Waals surface area contributed by atoms with Crippen LogP contribution in [-0.2, 0) is 19.0 Å². The van der Waals surface area contributed by atoms with Crippen LogP contribution in [0.3, 0.4) is 0 Å². The molecule has 1 aromatic carbocycles. The predicted molar refractivity (Wildman–Crippen MR) is 120 cm³/mol. The molecule has 4 aliphatic heterocycles. The summed E-state index contributed by atoms with van der Waals surface area (Å²) in [5.41, 5.74) is 0.0592. The molecule has 2 N–H and O–H groups in total. The van der Waals surface area contributed by atoms with Gasteiger partial charge in [0.25, 0.3) is 0 Å². The Kier molecular flexibility index (Phi) is 4.96. The zero-order chi connectivity index (χ0) is 23.0. The van der Waals surface area contributed by atoms with Crippen molar-refractivity contribution in [2.24, 2.45) is 11.8 Å². The lowest BCUT2D eigenvalue weighted by atomic mass is 9.77. The highest BCUT2D eigenvalue weighted by atomic mass is 16.7. The smallest absolute Gasteiger partial charge is 0.311 e. The minimum Gasteiger partial charge on any atom is -0.506 e. The number of ether oxygens (including phenoxy) is 3. The highest BCUT2D eigenvalue weighted by Gasteiger charge is 2.67. The van der Waals surface area contributed by atoms with E-state index < -0.39 is 11.7 Å². The number of carbonyl (C=O) groups is 1. The lowest BCUT2D eigenvalue weighted by Gasteiger charge is -2.37. The molecule has 0 spiro atoms. The molecule has 0 amide bonds. The number of epoxide rings is 2. The van der Waals surface area contributed by atoms with Crippen LogP contribution >= 0.6 is 0 Å². The van der Waals surface area contributed by atoms with Crippen molar-refractivity contribution in [3.8, 4) is 5.75 Å². The number of nitrogens with zero attached hydrogens (tertiary/aromatic N) is 2. The van der Waals surface area contributed by atoms with E-state index in [1.165, 1.54) is 0 Å². The van der Waals surface area contributed by atoms with Gasteiger partial charge in [-0.3, -0.25) is 9.69 Å². The molecule has 1 saturated carbocycles. The fourth-order valence-corrected chi connectivity index (χ4v) is 6.38. The van der Waals surface area contributed by atoms with Crippen LogP contribution in [-0.4, -0.2) is 89.4 Å². The number of piperazine rings is 1. The van der Waals surface area contributed by atoms with Gasteiger partial charge in [0.1, 0.15) is 23.6 Å². The minimum atomic E-state index is -0.618. The Morgan fingerprint density at radius 2 is 1.88 bits per heavy atom. The third-order valence-electron chi connectivity index (χ3n) is 8.82. The Morgan fingerprint density at radius 1 is 1.12 bits per heavy atom. The summed E-state index contributed by atoms with van der Waals surface area (Å²) in [5, 5.41) is 21.2. The van der Waals surface area contributed by atoms with E-state index >= 15 is 0 Å². The average Bonchev–Trinajstić information content (AvgIpc) is 3.65. The second-order valence-electron chi connectivity index (χ2n) is 10.9. The Morgan fingerprint density at radius 3 is 2.64 bits per heavy atom. The number of benzene rings is 1. The van der Waals surface area contributed by atoms with Gasteiger partial charge in [-0.05, 0) is 45.2 Å². The number of phenols is 1. The monoisotopic (exact) mass is 458 g/mol. The number of hydrogen-bond donors (Lipinski definition) is 2. The molecule has 0 bridgehead atoms. The van der Waals surface area contributed by atoms with Crippen molar-refractivity contribution in [2.45, 2.75) is 68.7 Å². The molecule has 33 heavy (non-hydrogen) atoms. The maximum absolute atomic E-state index is 13.0. The first-order chi connectivity index (χ1) is 15.8. The zero-order valence-electron chi connectivity index (χ0n) is 19.4. The van der Waals surface area contributed by atoms with E-state index in [-0.39, 0.29) is 41.7 Å². The van der Waals surface area contributed by atoms with Crippen LogP contribution in [0.4, 0.5) is 5.69 Å². The third-order valence-corrected chi connectivity index (χ3v) is 8.82. The van der Waals surface area contributed by atoms with Gasteiger partial charge < -0.3 is 29.3 Å². The summed E-state index contributed by atoms with van der Waals surface area (Å²) < 4.78 is 17.9. The zero-order valence-corrected chi connectivity index (χ0v) is 19.4. The van der Waals surface area contributed by atoms with Gasteiger partial charge in [0.2, 0.25) is 0 Å². The van der Waals surface area contributed by atoms with E-state index in [0.717, 1.165) is 44.7 Å². The molecule has 4 saturated heterocycles. The van der Waals surface area contributed by atoms with Gasteiger partial charge in [0, 0.05) is 38.6 Å². The summed E-state index contributed by atoms with van der Waals surface area (Å²) in [7, 11) is 0. The van der Waals surface area contributed by atoms with Gasteiger partial charge in [-0.2, -0.15) is 0 Å². The maximum atomic E-state index is 13.0. The number of para-hydroxylation sites is 2. The fourth-order valence-electron chi connectivity index (χ4n) is 6.38. The second kappa shape index (κ2) is 7.57. The van der Waals surface area contributed by atoms with Gasteiger partial charge in [0.05, 0.1) is 29.4 Å². The van der Waals surface area contributed by atoms with Crippen molar-refractivity contribution in [1.29, 1.82) is 0 Å². The number of rotatable bonds is 3. The Bertz CT molecular complexity index is 935. The van der Waals surface area contributed by atoms with Crippen molar-refractivity contribution < 1.29 is 29.2 Å². The van der Waals surface area contributed by atoms with Gasteiger partial charge in [-0.15, -0.1) is 0 Å². The number of carbonyl (C=O) groups excluding carboxylic acids is 1. The Labute approximate surface area is 194 Å². The van der Waals surface area contributed by atoms with Crippen LogP contribution in [0.15, 0.2) is 24.3 Å². The SMILES string of the molecule is C[C@]12O[C@@H]1CC[C@@]1(C)O[C@@H]1[C@H]1OC(=O)[C@@H](CN3CCN(c4ccccc4O)CC3)[C@@H]1C[C@H]2O. The Hall–Kier alpha value is -1.87. The largest absolute Gasteiger partial charge is 0.506 e. The lowest BCUT2D eigenvalue weighted by Crippen LogP contribution is -2.49. The van der Waals surface area contributed by atoms with Crippen LogP contribution in [0.25, 0.3) is 0 Å². The first-order valence-electron chi connectivity index (χ1n) is 12.3. The number of anilines is 1. The molecule has 0 unspecified atom stereocenters.